The molecule has 1 aliphatic carbocycles. The summed E-state index contributed by atoms with van der Waals surface area (Å²) in [6.45, 7) is 1.90. The van der Waals surface area contributed by atoms with Crippen LogP contribution in [0.5, 0.6) is 0 Å². The van der Waals surface area contributed by atoms with Gasteiger partial charge in [-0.25, -0.2) is 0 Å². The Balaban J connectivity index is 1.39. The van der Waals surface area contributed by atoms with Crippen LogP contribution in [0.3, 0.4) is 0 Å². The first-order valence-electron chi connectivity index (χ1n) is 7.71. The van der Waals surface area contributed by atoms with Gasteiger partial charge in [0.15, 0.2) is 0 Å². The average Bonchev–Trinajstić information content (AvgIpc) is 3.10. The normalized spacial score (nSPS) is 26.8. The number of hydrogen-bond acceptors (Lipinski definition) is 4. The van der Waals surface area contributed by atoms with Crippen molar-refractivity contribution in [1.82, 2.24) is 9.80 Å². The standard InChI is InChI=1S/C15H24N2O3S/c1-16(2)14(19)7-20-12-6-15(21-8-12)9-17(10-15)13(18)5-11-3-4-11/h11-12H,3-10H2,1-2H3/t12-/m0/s1. The minimum atomic E-state index is 0.01000. The predicted octanol–water partition coefficient (Wildman–Crippen LogP) is 0.978. The smallest absolute Gasteiger partial charge is 0.248 e. The number of amides is 2. The molecule has 2 saturated heterocycles. The van der Waals surface area contributed by atoms with Crippen molar-refractivity contribution in [3.8, 4) is 0 Å². The van der Waals surface area contributed by atoms with Gasteiger partial charge < -0.3 is 14.5 Å². The van der Waals surface area contributed by atoms with Crippen molar-refractivity contribution in [2.24, 2.45) is 5.92 Å². The van der Waals surface area contributed by atoms with E-state index in [4.69, 9.17) is 4.74 Å². The molecule has 0 aromatic rings. The number of likely N-dealkylation sites (tertiary alicyclic amines) is 1. The Morgan fingerprint density at radius 2 is 2.05 bits per heavy atom. The molecule has 118 valence electrons. The Hall–Kier alpha value is -0.750. The van der Waals surface area contributed by atoms with E-state index < -0.39 is 0 Å². The van der Waals surface area contributed by atoms with E-state index in [-0.39, 0.29) is 23.4 Å². The summed E-state index contributed by atoms with van der Waals surface area (Å²) in [4.78, 5) is 27.1. The van der Waals surface area contributed by atoms with Crippen LogP contribution in [0.4, 0.5) is 0 Å². The molecule has 2 heterocycles. The molecule has 1 saturated carbocycles. The molecule has 0 unspecified atom stereocenters. The van der Waals surface area contributed by atoms with Crippen molar-refractivity contribution in [3.05, 3.63) is 0 Å². The van der Waals surface area contributed by atoms with Crippen molar-refractivity contribution < 1.29 is 14.3 Å². The Kier molecular flexibility index (Phi) is 4.19. The number of nitrogens with zero attached hydrogens (tertiary/aromatic N) is 2. The van der Waals surface area contributed by atoms with Gasteiger partial charge in [-0.2, -0.15) is 0 Å². The van der Waals surface area contributed by atoms with Gasteiger partial charge in [-0.05, 0) is 25.2 Å². The zero-order valence-corrected chi connectivity index (χ0v) is 13.7. The highest BCUT2D eigenvalue weighted by Crippen LogP contribution is 2.46. The molecule has 2 aliphatic heterocycles. The Bertz CT molecular complexity index is 431. The molecule has 0 radical (unpaired) electrons. The van der Waals surface area contributed by atoms with Crippen molar-refractivity contribution in [2.45, 2.75) is 36.5 Å². The van der Waals surface area contributed by atoms with Crippen LogP contribution in [-0.4, -0.2) is 72.0 Å². The first kappa shape index (κ1) is 15.2. The third-order valence-electron chi connectivity index (χ3n) is 4.59. The third-order valence-corrected chi connectivity index (χ3v) is 6.16. The lowest BCUT2D eigenvalue weighted by Crippen LogP contribution is -2.60. The molecule has 2 amide bonds. The van der Waals surface area contributed by atoms with Gasteiger partial charge in [0.2, 0.25) is 11.8 Å². The molecule has 3 rings (SSSR count). The van der Waals surface area contributed by atoms with Crippen LogP contribution < -0.4 is 0 Å². The molecule has 1 spiro atoms. The molecule has 3 fully saturated rings. The molecule has 0 N–H and O–H groups in total. The molecule has 0 aromatic carbocycles. The second kappa shape index (κ2) is 5.80. The summed E-state index contributed by atoms with van der Waals surface area (Å²) in [5.74, 6) is 1.94. The Morgan fingerprint density at radius 1 is 1.33 bits per heavy atom. The summed E-state index contributed by atoms with van der Waals surface area (Å²) in [6, 6.07) is 0. The topological polar surface area (TPSA) is 49.9 Å². The highest BCUT2D eigenvalue weighted by atomic mass is 32.2. The first-order valence-corrected chi connectivity index (χ1v) is 8.69. The van der Waals surface area contributed by atoms with Gasteiger partial charge in [-0.3, -0.25) is 9.59 Å². The average molecular weight is 312 g/mol. The summed E-state index contributed by atoms with van der Waals surface area (Å²) < 4.78 is 5.91. The monoisotopic (exact) mass is 312 g/mol. The van der Waals surface area contributed by atoms with E-state index in [0.29, 0.717) is 11.8 Å². The van der Waals surface area contributed by atoms with Crippen LogP contribution in [0.2, 0.25) is 0 Å². The molecule has 0 aromatic heterocycles. The molecule has 0 bridgehead atoms. The highest BCUT2D eigenvalue weighted by Gasteiger charge is 2.51. The maximum atomic E-state index is 12.0. The highest BCUT2D eigenvalue weighted by molar-refractivity contribution is 8.01. The minimum Gasteiger partial charge on any atom is -0.367 e. The van der Waals surface area contributed by atoms with Gasteiger partial charge in [0, 0.05) is 39.4 Å². The van der Waals surface area contributed by atoms with Gasteiger partial charge in [-0.15, -0.1) is 11.8 Å². The number of thioether (sulfide) groups is 1. The molecular weight excluding hydrogens is 288 g/mol. The number of carbonyl (C=O) groups is 2. The SMILES string of the molecule is CN(C)C(=O)CO[C@@H]1CSC2(C1)CN(C(=O)CC1CC1)C2. The van der Waals surface area contributed by atoms with E-state index in [1.54, 1.807) is 19.0 Å². The summed E-state index contributed by atoms with van der Waals surface area (Å²) >= 11 is 1.91. The van der Waals surface area contributed by atoms with E-state index >= 15 is 0 Å². The number of rotatable bonds is 5. The van der Waals surface area contributed by atoms with Crippen molar-refractivity contribution in [1.29, 1.82) is 0 Å². The van der Waals surface area contributed by atoms with Crippen molar-refractivity contribution in [2.75, 3.05) is 39.5 Å². The number of carbonyl (C=O) groups excluding carboxylic acids is 2. The van der Waals surface area contributed by atoms with Crippen LogP contribution in [0.1, 0.15) is 25.7 Å². The molecule has 1 atom stereocenters. The third kappa shape index (κ3) is 3.54. The van der Waals surface area contributed by atoms with E-state index in [1.165, 1.54) is 12.8 Å². The zero-order chi connectivity index (χ0) is 15.0. The van der Waals surface area contributed by atoms with E-state index in [9.17, 15) is 9.59 Å². The second-order valence-corrected chi connectivity index (χ2v) is 8.30. The van der Waals surface area contributed by atoms with E-state index in [2.05, 4.69) is 0 Å². The van der Waals surface area contributed by atoms with Crippen molar-refractivity contribution in [3.63, 3.8) is 0 Å². The van der Waals surface area contributed by atoms with Crippen LogP contribution in [-0.2, 0) is 14.3 Å². The van der Waals surface area contributed by atoms with Gasteiger partial charge in [0.05, 0.1) is 10.9 Å². The van der Waals surface area contributed by atoms with Crippen LogP contribution in [0.25, 0.3) is 0 Å². The molecule has 6 heteroatoms. The minimum absolute atomic E-state index is 0.01000. The maximum Gasteiger partial charge on any atom is 0.248 e. The number of ether oxygens (including phenoxy) is 1. The Morgan fingerprint density at radius 3 is 2.67 bits per heavy atom. The molecule has 21 heavy (non-hydrogen) atoms. The summed E-state index contributed by atoms with van der Waals surface area (Å²) in [6.07, 6.45) is 4.33. The fourth-order valence-electron chi connectivity index (χ4n) is 2.97. The Labute approximate surface area is 130 Å². The van der Waals surface area contributed by atoms with Gasteiger partial charge in [0.1, 0.15) is 6.61 Å². The largest absolute Gasteiger partial charge is 0.367 e. The lowest BCUT2D eigenvalue weighted by Gasteiger charge is -2.47. The number of likely N-dealkylation sites (N-methyl/N-ethyl adjacent to an activating group) is 1. The zero-order valence-electron chi connectivity index (χ0n) is 12.8. The van der Waals surface area contributed by atoms with Gasteiger partial charge >= 0.3 is 0 Å². The van der Waals surface area contributed by atoms with Crippen LogP contribution in [0.15, 0.2) is 0 Å². The number of hydrogen-bond donors (Lipinski definition) is 0. The molecular formula is C15H24N2O3S. The second-order valence-electron chi connectivity index (χ2n) is 6.82. The lowest BCUT2D eigenvalue weighted by atomic mass is 9.92. The lowest BCUT2D eigenvalue weighted by molar-refractivity contribution is -0.137. The maximum absolute atomic E-state index is 12.0. The summed E-state index contributed by atoms with van der Waals surface area (Å²) in [5.41, 5.74) is 0. The fourth-order valence-corrected chi connectivity index (χ4v) is 4.52. The van der Waals surface area contributed by atoms with Gasteiger partial charge in [0.25, 0.3) is 0 Å². The summed E-state index contributed by atoms with van der Waals surface area (Å²) in [5, 5.41) is 0. The van der Waals surface area contributed by atoms with E-state index in [1.807, 2.05) is 16.7 Å². The summed E-state index contributed by atoms with van der Waals surface area (Å²) in [7, 11) is 3.48. The van der Waals surface area contributed by atoms with E-state index in [0.717, 1.165) is 31.7 Å². The molecule has 5 nitrogen and oxygen atoms in total. The fraction of sp³-hybridized carbons (Fsp3) is 0.867. The predicted molar refractivity (Wildman–Crippen MR) is 82.2 cm³/mol. The first-order chi connectivity index (χ1) is 9.97. The molecule has 3 aliphatic rings. The van der Waals surface area contributed by atoms with Crippen LogP contribution in [0, 0.1) is 5.92 Å². The quantitative estimate of drug-likeness (QED) is 0.759. The van der Waals surface area contributed by atoms with Gasteiger partial charge in [-0.1, -0.05) is 0 Å². The van der Waals surface area contributed by atoms with Crippen LogP contribution >= 0.6 is 11.8 Å². The van der Waals surface area contributed by atoms with Crippen molar-refractivity contribution >= 4 is 23.6 Å².